The molecule has 1 rings (SSSR count). The van der Waals surface area contributed by atoms with Gasteiger partial charge < -0.3 is 14.2 Å². The minimum absolute atomic E-state index is 0.197. The summed E-state index contributed by atoms with van der Waals surface area (Å²) in [4.78, 5) is 11.3. The van der Waals surface area contributed by atoms with Crippen molar-refractivity contribution in [3.8, 4) is 11.5 Å². The molecule has 0 spiro atoms. The third kappa shape index (κ3) is 3.98. The number of carbonyl (C=O) groups excluding carboxylic acids is 1. The Kier molecular flexibility index (Phi) is 5.33. The summed E-state index contributed by atoms with van der Waals surface area (Å²) in [6.07, 6.45) is 1.22. The van der Waals surface area contributed by atoms with Crippen LogP contribution >= 0.6 is 0 Å². The Morgan fingerprint density at radius 1 is 1.24 bits per heavy atom. The van der Waals surface area contributed by atoms with Crippen molar-refractivity contribution in [1.29, 1.82) is 0 Å². The Bertz CT molecular complexity index is 374. The summed E-state index contributed by atoms with van der Waals surface area (Å²) in [6.45, 7) is 2.15. The van der Waals surface area contributed by atoms with Crippen molar-refractivity contribution in [3.63, 3.8) is 0 Å². The maximum absolute atomic E-state index is 11.3. The van der Waals surface area contributed by atoms with E-state index in [0.717, 1.165) is 12.0 Å². The van der Waals surface area contributed by atoms with E-state index < -0.39 is 0 Å². The number of ether oxygens (including phenoxy) is 3. The Morgan fingerprint density at radius 3 is 2.59 bits per heavy atom. The second-order valence-electron chi connectivity index (χ2n) is 3.59. The highest BCUT2D eigenvalue weighted by atomic mass is 16.5. The summed E-state index contributed by atoms with van der Waals surface area (Å²) in [7, 11) is 3.17. The first-order valence-corrected chi connectivity index (χ1v) is 5.57. The van der Waals surface area contributed by atoms with Crippen molar-refractivity contribution in [1.82, 2.24) is 0 Å². The van der Waals surface area contributed by atoms with Crippen LogP contribution in [-0.4, -0.2) is 20.2 Å². The maximum atomic E-state index is 11.3. The molecule has 0 heterocycles. The number of esters is 1. The fourth-order valence-electron chi connectivity index (χ4n) is 1.43. The number of methoxy groups -OCH3 is 2. The van der Waals surface area contributed by atoms with Gasteiger partial charge in [0.05, 0.1) is 14.2 Å². The van der Waals surface area contributed by atoms with Gasteiger partial charge >= 0.3 is 5.97 Å². The molecular weight excluding hydrogens is 220 g/mol. The molecule has 4 nitrogen and oxygen atoms in total. The summed E-state index contributed by atoms with van der Waals surface area (Å²) in [5.74, 6) is 1.21. The standard InChI is InChI=1S/C13H18O4/c1-4-5-13(14)17-9-10-8-11(15-2)6-7-12(10)16-3/h6-8H,4-5,9H2,1-3H3. The fourth-order valence-corrected chi connectivity index (χ4v) is 1.43. The first-order valence-electron chi connectivity index (χ1n) is 5.57. The summed E-state index contributed by atoms with van der Waals surface area (Å²) < 4.78 is 15.4. The van der Waals surface area contributed by atoms with Crippen LogP contribution in [0.25, 0.3) is 0 Å². The molecule has 0 N–H and O–H groups in total. The van der Waals surface area contributed by atoms with Gasteiger partial charge in [0.1, 0.15) is 18.1 Å². The second-order valence-corrected chi connectivity index (χ2v) is 3.59. The Balaban J connectivity index is 2.70. The van der Waals surface area contributed by atoms with E-state index in [1.165, 1.54) is 0 Å². The maximum Gasteiger partial charge on any atom is 0.306 e. The number of hydrogen-bond donors (Lipinski definition) is 0. The van der Waals surface area contributed by atoms with Crippen LogP contribution in [0.15, 0.2) is 18.2 Å². The van der Waals surface area contributed by atoms with E-state index in [2.05, 4.69) is 0 Å². The molecule has 0 aromatic heterocycles. The second kappa shape index (κ2) is 6.78. The zero-order valence-corrected chi connectivity index (χ0v) is 10.5. The number of carbonyl (C=O) groups is 1. The lowest BCUT2D eigenvalue weighted by Crippen LogP contribution is -2.05. The molecule has 0 fully saturated rings. The van der Waals surface area contributed by atoms with Crippen LogP contribution < -0.4 is 9.47 Å². The van der Waals surface area contributed by atoms with E-state index in [-0.39, 0.29) is 12.6 Å². The van der Waals surface area contributed by atoms with E-state index in [4.69, 9.17) is 14.2 Å². The van der Waals surface area contributed by atoms with Gasteiger partial charge in [-0.2, -0.15) is 0 Å². The summed E-state index contributed by atoms with van der Waals surface area (Å²) in [6, 6.07) is 5.40. The van der Waals surface area contributed by atoms with Crippen molar-refractivity contribution >= 4 is 5.97 Å². The van der Waals surface area contributed by atoms with E-state index in [0.29, 0.717) is 17.9 Å². The van der Waals surface area contributed by atoms with Crippen molar-refractivity contribution in [2.45, 2.75) is 26.4 Å². The third-order valence-corrected chi connectivity index (χ3v) is 2.33. The average molecular weight is 238 g/mol. The van der Waals surface area contributed by atoms with Crippen LogP contribution in [0, 0.1) is 0 Å². The topological polar surface area (TPSA) is 44.8 Å². The first kappa shape index (κ1) is 13.4. The lowest BCUT2D eigenvalue weighted by molar-refractivity contribution is -0.145. The Morgan fingerprint density at radius 2 is 2.00 bits per heavy atom. The van der Waals surface area contributed by atoms with Gasteiger partial charge in [0.2, 0.25) is 0 Å². The fraction of sp³-hybridized carbons (Fsp3) is 0.462. The van der Waals surface area contributed by atoms with Crippen LogP contribution in [0.2, 0.25) is 0 Å². The van der Waals surface area contributed by atoms with Crippen LogP contribution in [-0.2, 0) is 16.1 Å². The highest BCUT2D eigenvalue weighted by molar-refractivity contribution is 5.69. The van der Waals surface area contributed by atoms with Crippen LogP contribution in [0.5, 0.6) is 11.5 Å². The molecule has 0 saturated carbocycles. The smallest absolute Gasteiger partial charge is 0.306 e. The Labute approximate surface area is 101 Å². The monoisotopic (exact) mass is 238 g/mol. The van der Waals surface area contributed by atoms with Crippen LogP contribution in [0.3, 0.4) is 0 Å². The first-order chi connectivity index (χ1) is 8.21. The van der Waals surface area contributed by atoms with Crippen LogP contribution in [0.4, 0.5) is 0 Å². The molecule has 0 bridgehead atoms. The molecule has 0 radical (unpaired) electrons. The normalized spacial score (nSPS) is 9.82. The molecule has 0 aliphatic heterocycles. The molecule has 0 atom stereocenters. The van der Waals surface area contributed by atoms with E-state index >= 15 is 0 Å². The summed E-state index contributed by atoms with van der Waals surface area (Å²) in [5, 5.41) is 0. The van der Waals surface area contributed by atoms with Gasteiger partial charge in [-0.3, -0.25) is 4.79 Å². The minimum Gasteiger partial charge on any atom is -0.497 e. The molecule has 0 amide bonds. The predicted molar refractivity (Wildman–Crippen MR) is 64.3 cm³/mol. The minimum atomic E-state index is -0.197. The van der Waals surface area contributed by atoms with E-state index in [1.54, 1.807) is 32.4 Å². The molecule has 0 aliphatic carbocycles. The molecule has 1 aromatic rings. The van der Waals surface area contributed by atoms with Crippen molar-refractivity contribution in [2.75, 3.05) is 14.2 Å². The molecule has 4 heteroatoms. The van der Waals surface area contributed by atoms with Crippen LogP contribution in [0.1, 0.15) is 25.3 Å². The average Bonchev–Trinajstić information content (AvgIpc) is 2.36. The Hall–Kier alpha value is -1.71. The van der Waals surface area contributed by atoms with Gasteiger partial charge in [0, 0.05) is 12.0 Å². The molecule has 94 valence electrons. The highest BCUT2D eigenvalue weighted by Crippen LogP contribution is 2.24. The third-order valence-electron chi connectivity index (χ3n) is 2.33. The van der Waals surface area contributed by atoms with Crippen molar-refractivity contribution in [3.05, 3.63) is 23.8 Å². The van der Waals surface area contributed by atoms with Crippen molar-refractivity contribution < 1.29 is 19.0 Å². The van der Waals surface area contributed by atoms with Gasteiger partial charge in [-0.1, -0.05) is 6.92 Å². The summed E-state index contributed by atoms with van der Waals surface area (Å²) >= 11 is 0. The lowest BCUT2D eigenvalue weighted by atomic mass is 10.2. The molecule has 0 unspecified atom stereocenters. The van der Waals surface area contributed by atoms with Gasteiger partial charge in [0.15, 0.2) is 0 Å². The lowest BCUT2D eigenvalue weighted by Gasteiger charge is -2.10. The number of hydrogen-bond acceptors (Lipinski definition) is 4. The molecule has 1 aromatic carbocycles. The molecule has 0 saturated heterocycles. The van der Waals surface area contributed by atoms with Gasteiger partial charge in [-0.15, -0.1) is 0 Å². The highest BCUT2D eigenvalue weighted by Gasteiger charge is 2.08. The van der Waals surface area contributed by atoms with Crippen molar-refractivity contribution in [2.24, 2.45) is 0 Å². The zero-order valence-electron chi connectivity index (χ0n) is 10.5. The molecular formula is C13H18O4. The number of rotatable bonds is 6. The quantitative estimate of drug-likeness (QED) is 0.714. The predicted octanol–water partition coefficient (Wildman–Crippen LogP) is 2.55. The number of benzene rings is 1. The van der Waals surface area contributed by atoms with Gasteiger partial charge in [-0.25, -0.2) is 0 Å². The van der Waals surface area contributed by atoms with E-state index in [9.17, 15) is 4.79 Å². The SMILES string of the molecule is CCCC(=O)OCc1cc(OC)ccc1OC. The summed E-state index contributed by atoms with van der Waals surface area (Å²) in [5.41, 5.74) is 0.802. The largest absolute Gasteiger partial charge is 0.497 e. The zero-order chi connectivity index (χ0) is 12.7. The van der Waals surface area contributed by atoms with Gasteiger partial charge in [-0.05, 0) is 24.6 Å². The molecule has 0 aliphatic rings. The van der Waals surface area contributed by atoms with Gasteiger partial charge in [0.25, 0.3) is 0 Å². The molecule has 17 heavy (non-hydrogen) atoms. The van der Waals surface area contributed by atoms with E-state index in [1.807, 2.05) is 6.92 Å².